The number of ether oxygens (including phenoxy) is 4. The van der Waals surface area contributed by atoms with Crippen LogP contribution in [0, 0.1) is 5.41 Å². The number of thiophene rings is 1. The quantitative estimate of drug-likeness (QED) is 0.371. The maximum absolute atomic E-state index is 12.6. The van der Waals surface area contributed by atoms with E-state index in [0.717, 1.165) is 3.79 Å². The second kappa shape index (κ2) is 10.1. The number of carbonyl (C=O) groups is 1. The largest absolute Gasteiger partial charge is 0.496 e. The average molecular weight is 541 g/mol. The number of esters is 1. The van der Waals surface area contributed by atoms with Crippen LogP contribution in [0.15, 0.2) is 39.7 Å². The van der Waals surface area contributed by atoms with Gasteiger partial charge in [0.15, 0.2) is 6.79 Å². The summed E-state index contributed by atoms with van der Waals surface area (Å²) >= 11 is 4.60. The van der Waals surface area contributed by atoms with Gasteiger partial charge < -0.3 is 29.2 Å². The van der Waals surface area contributed by atoms with Gasteiger partial charge in [0.05, 0.1) is 22.6 Å². The Hall–Kier alpha value is -1.91. The summed E-state index contributed by atoms with van der Waals surface area (Å²) < 4.78 is 22.4. The van der Waals surface area contributed by atoms with Crippen molar-refractivity contribution in [2.24, 2.45) is 5.41 Å². The monoisotopic (exact) mass is 540 g/mol. The number of carbonyl (C=O) groups excluding carboxylic acids is 1. The molecule has 1 aromatic carbocycles. The van der Waals surface area contributed by atoms with Crippen molar-refractivity contribution >= 4 is 38.8 Å². The summed E-state index contributed by atoms with van der Waals surface area (Å²) in [5.74, 6) is 0.491. The summed E-state index contributed by atoms with van der Waals surface area (Å²) in [6, 6.07) is 8.63. The summed E-state index contributed by atoms with van der Waals surface area (Å²) in [4.78, 5) is 13.0. The molecule has 33 heavy (non-hydrogen) atoms. The van der Waals surface area contributed by atoms with Crippen molar-refractivity contribution in [3.63, 3.8) is 0 Å². The van der Waals surface area contributed by atoms with E-state index in [1.165, 1.54) is 25.6 Å². The number of rotatable bonds is 8. The Morgan fingerprint density at radius 1 is 1.21 bits per heavy atom. The Balaban J connectivity index is 2.06. The van der Waals surface area contributed by atoms with Gasteiger partial charge in [-0.05, 0) is 64.5 Å². The molecular weight excluding hydrogens is 512 g/mol. The van der Waals surface area contributed by atoms with E-state index < -0.39 is 23.1 Å². The molecule has 3 rings (SSSR count). The highest BCUT2D eigenvalue weighted by molar-refractivity contribution is 9.11. The predicted molar refractivity (Wildman–Crippen MR) is 130 cm³/mol. The van der Waals surface area contributed by atoms with E-state index in [4.69, 9.17) is 18.9 Å². The molecule has 2 atom stereocenters. The minimum atomic E-state index is -1.31. The molecule has 7 nitrogen and oxygen atoms in total. The smallest absolute Gasteiger partial charge is 0.348 e. The van der Waals surface area contributed by atoms with Gasteiger partial charge in [0, 0.05) is 24.3 Å². The van der Waals surface area contributed by atoms with Crippen LogP contribution in [0.2, 0.25) is 0 Å². The molecule has 0 saturated heterocycles. The molecule has 0 fully saturated rings. The highest BCUT2D eigenvalue weighted by atomic mass is 79.9. The number of halogens is 1. The van der Waals surface area contributed by atoms with Crippen LogP contribution in [-0.4, -0.2) is 55.5 Å². The Morgan fingerprint density at radius 2 is 1.94 bits per heavy atom. The first-order valence-corrected chi connectivity index (χ1v) is 12.0. The average Bonchev–Trinajstić information content (AvgIpc) is 3.19. The first kappa shape index (κ1) is 25.7. The maximum Gasteiger partial charge on any atom is 0.348 e. The van der Waals surface area contributed by atoms with Crippen molar-refractivity contribution in [1.29, 1.82) is 0 Å². The third-order valence-corrected chi connectivity index (χ3v) is 7.32. The van der Waals surface area contributed by atoms with Crippen molar-refractivity contribution < 1.29 is 34.0 Å². The van der Waals surface area contributed by atoms with Crippen LogP contribution in [-0.2, 0) is 9.47 Å². The van der Waals surface area contributed by atoms with Gasteiger partial charge in [-0.1, -0.05) is 13.8 Å². The summed E-state index contributed by atoms with van der Waals surface area (Å²) in [6.45, 7) is 5.36. The lowest BCUT2D eigenvalue weighted by Crippen LogP contribution is -2.47. The van der Waals surface area contributed by atoms with Gasteiger partial charge in [-0.3, -0.25) is 0 Å². The molecule has 2 N–H and O–H groups in total. The highest BCUT2D eigenvalue weighted by Crippen LogP contribution is 2.49. The van der Waals surface area contributed by atoms with E-state index in [9.17, 15) is 15.0 Å². The first-order chi connectivity index (χ1) is 15.5. The zero-order valence-corrected chi connectivity index (χ0v) is 21.7. The molecule has 9 heteroatoms. The molecule has 0 amide bonds. The molecule has 1 aliphatic carbocycles. The number of aliphatic hydroxyl groups excluding tert-OH is 1. The fraction of sp³-hybridized carbons (Fsp3) is 0.458. The zero-order chi connectivity index (χ0) is 24.4. The summed E-state index contributed by atoms with van der Waals surface area (Å²) in [6.07, 6.45) is -0.638. The van der Waals surface area contributed by atoms with Crippen LogP contribution >= 0.6 is 27.3 Å². The highest BCUT2D eigenvalue weighted by Gasteiger charge is 2.47. The van der Waals surface area contributed by atoms with E-state index in [2.05, 4.69) is 15.9 Å². The first-order valence-electron chi connectivity index (χ1n) is 10.4. The summed E-state index contributed by atoms with van der Waals surface area (Å²) in [5, 5.41) is 22.7. The molecule has 180 valence electrons. The lowest BCUT2D eigenvalue weighted by Gasteiger charge is -2.46. The molecular formula is C24H29BrO7S. The Labute approximate surface area is 206 Å². The van der Waals surface area contributed by atoms with Crippen molar-refractivity contribution in [2.45, 2.75) is 38.9 Å². The van der Waals surface area contributed by atoms with Crippen molar-refractivity contribution in [1.82, 2.24) is 0 Å². The third-order valence-electron chi connectivity index (χ3n) is 5.72. The van der Waals surface area contributed by atoms with Gasteiger partial charge in [-0.2, -0.15) is 0 Å². The van der Waals surface area contributed by atoms with Gasteiger partial charge in [0.25, 0.3) is 0 Å². The number of hydrogen-bond donors (Lipinski definition) is 2. The standard InChI is InChI=1S/C24H29BrO7S/c1-23(2)12-24(3,28)16(11-31-22(27)18-8-9-19(25)33-18)20(21(23)26)15-7-6-14(32-13-29-4)10-17(15)30-5/h6-10,21,26,28H,11-13H2,1-5H3. The molecule has 1 aromatic heterocycles. The zero-order valence-electron chi connectivity index (χ0n) is 19.3. The van der Waals surface area contributed by atoms with Crippen LogP contribution < -0.4 is 9.47 Å². The summed E-state index contributed by atoms with van der Waals surface area (Å²) in [7, 11) is 3.05. The predicted octanol–water partition coefficient (Wildman–Crippen LogP) is 4.65. The number of aliphatic hydroxyl groups is 2. The van der Waals surface area contributed by atoms with Crippen molar-refractivity contribution in [3.05, 3.63) is 50.1 Å². The number of benzene rings is 1. The van der Waals surface area contributed by atoms with Crippen LogP contribution in [0.25, 0.3) is 5.57 Å². The number of hydrogen-bond acceptors (Lipinski definition) is 8. The van der Waals surface area contributed by atoms with E-state index >= 15 is 0 Å². The van der Waals surface area contributed by atoms with Crippen LogP contribution in [0.1, 0.15) is 42.4 Å². The van der Waals surface area contributed by atoms with Gasteiger partial charge in [-0.15, -0.1) is 11.3 Å². The van der Waals surface area contributed by atoms with E-state index in [1.807, 2.05) is 13.8 Å². The Morgan fingerprint density at radius 3 is 2.55 bits per heavy atom. The Kier molecular flexibility index (Phi) is 7.91. The van der Waals surface area contributed by atoms with E-state index in [0.29, 0.717) is 39.5 Å². The molecule has 2 aromatic rings. The number of methoxy groups -OCH3 is 2. The van der Waals surface area contributed by atoms with Crippen molar-refractivity contribution in [3.8, 4) is 11.5 Å². The van der Waals surface area contributed by atoms with Crippen LogP contribution in [0.3, 0.4) is 0 Å². The van der Waals surface area contributed by atoms with Gasteiger partial charge in [-0.25, -0.2) is 4.79 Å². The molecule has 2 unspecified atom stereocenters. The van der Waals surface area contributed by atoms with Crippen molar-refractivity contribution in [2.75, 3.05) is 27.6 Å². The van der Waals surface area contributed by atoms with E-state index in [1.54, 1.807) is 37.3 Å². The van der Waals surface area contributed by atoms with Gasteiger partial charge in [0.1, 0.15) is 23.0 Å². The molecule has 0 radical (unpaired) electrons. The van der Waals surface area contributed by atoms with E-state index in [-0.39, 0.29) is 13.4 Å². The second-order valence-corrected chi connectivity index (χ2v) is 11.3. The fourth-order valence-corrected chi connectivity index (χ4v) is 5.50. The fourth-order valence-electron chi connectivity index (χ4n) is 4.22. The minimum absolute atomic E-state index is 0.0790. The topological polar surface area (TPSA) is 94.5 Å². The van der Waals surface area contributed by atoms with Gasteiger partial charge in [0.2, 0.25) is 0 Å². The molecule has 0 aliphatic heterocycles. The summed E-state index contributed by atoms with van der Waals surface area (Å²) in [5.41, 5.74) is -0.451. The second-order valence-electron chi connectivity index (χ2n) is 8.83. The molecule has 1 heterocycles. The Bertz CT molecular complexity index is 1040. The SMILES string of the molecule is COCOc1ccc(C2=C(COC(=O)c3ccc(Br)s3)C(C)(O)CC(C)(C)C2O)c(OC)c1. The normalized spacial score (nSPS) is 22.2. The van der Waals surface area contributed by atoms with Gasteiger partial charge >= 0.3 is 5.97 Å². The molecule has 0 saturated carbocycles. The third kappa shape index (κ3) is 5.60. The molecule has 1 aliphatic rings. The maximum atomic E-state index is 12.6. The molecule has 0 bridgehead atoms. The van der Waals surface area contributed by atoms with Crippen LogP contribution in [0.4, 0.5) is 0 Å². The lowest BCUT2D eigenvalue weighted by molar-refractivity contribution is -0.0191. The lowest BCUT2D eigenvalue weighted by atomic mass is 9.64. The molecule has 0 spiro atoms. The van der Waals surface area contributed by atoms with Crippen LogP contribution in [0.5, 0.6) is 11.5 Å². The minimum Gasteiger partial charge on any atom is -0.496 e.